The minimum atomic E-state index is -4.48. The number of hydrogen-bond acceptors (Lipinski definition) is 6. The quantitative estimate of drug-likeness (QED) is 0.405. The molecule has 7 nitrogen and oxygen atoms in total. The van der Waals surface area contributed by atoms with E-state index in [0.717, 1.165) is 18.6 Å². The fourth-order valence-corrected chi connectivity index (χ4v) is 3.02. The van der Waals surface area contributed by atoms with Gasteiger partial charge in [0, 0.05) is 23.5 Å². The van der Waals surface area contributed by atoms with Gasteiger partial charge in [-0.3, -0.25) is 4.79 Å². The molecule has 0 aromatic carbocycles. The molecule has 1 atom stereocenters. The third-order valence-electron chi connectivity index (χ3n) is 4.44. The monoisotopic (exact) mass is 465 g/mol. The Morgan fingerprint density at radius 2 is 1.91 bits per heavy atom. The summed E-state index contributed by atoms with van der Waals surface area (Å²) < 4.78 is 38.0. The molecule has 168 valence electrons. The average Bonchev–Trinajstić information content (AvgIpc) is 2.75. The van der Waals surface area contributed by atoms with Crippen LogP contribution in [0.4, 0.5) is 30.5 Å². The molecule has 1 amide bonds. The molecule has 3 rings (SSSR count). The fourth-order valence-electron chi connectivity index (χ4n) is 2.85. The van der Waals surface area contributed by atoms with E-state index in [0.29, 0.717) is 23.9 Å². The number of anilines is 3. The van der Waals surface area contributed by atoms with Crippen LogP contribution >= 0.6 is 11.6 Å². The first-order chi connectivity index (χ1) is 15.2. The molecule has 0 saturated carbocycles. The smallest absolute Gasteiger partial charge is 0.388 e. The van der Waals surface area contributed by atoms with E-state index >= 15 is 0 Å². The van der Waals surface area contributed by atoms with Crippen LogP contribution in [-0.2, 0) is 6.18 Å². The Kier molecular flexibility index (Phi) is 7.26. The van der Waals surface area contributed by atoms with E-state index < -0.39 is 23.8 Å². The summed E-state index contributed by atoms with van der Waals surface area (Å²) in [5.41, 5.74) is 0.111. The highest BCUT2D eigenvalue weighted by atomic mass is 35.5. The van der Waals surface area contributed by atoms with Crippen LogP contribution in [0.2, 0.25) is 5.15 Å². The first-order valence-electron chi connectivity index (χ1n) is 9.58. The largest absolute Gasteiger partial charge is 0.417 e. The van der Waals surface area contributed by atoms with Gasteiger partial charge in [0.1, 0.15) is 16.8 Å². The molecule has 0 aliphatic carbocycles. The van der Waals surface area contributed by atoms with E-state index in [9.17, 15) is 23.1 Å². The molecule has 3 N–H and O–H groups in total. The molecule has 32 heavy (non-hydrogen) atoms. The standard InChI is InChI=1S/C21H19ClF3N5O2/c1-2-3-16(31)14-9-17(22)27-11-15(14)29-20(32)12-6-7-26-19(8-12)30-18-5-4-13(10-28-18)21(23,24)25/h4-11,16,31H,2-3H2,1H3,(H,29,32)(H,26,28,30). The van der Waals surface area contributed by atoms with Crippen molar-refractivity contribution in [2.45, 2.75) is 32.0 Å². The minimum Gasteiger partial charge on any atom is -0.388 e. The Morgan fingerprint density at radius 1 is 1.12 bits per heavy atom. The molecule has 0 aliphatic rings. The minimum absolute atomic E-state index is 0.134. The zero-order chi connectivity index (χ0) is 23.3. The maximum atomic E-state index is 12.7. The average molecular weight is 466 g/mol. The lowest BCUT2D eigenvalue weighted by molar-refractivity contribution is -0.137. The molecule has 0 radical (unpaired) electrons. The van der Waals surface area contributed by atoms with E-state index in [2.05, 4.69) is 25.6 Å². The van der Waals surface area contributed by atoms with Gasteiger partial charge in [-0.05, 0) is 36.8 Å². The normalized spacial score (nSPS) is 12.3. The van der Waals surface area contributed by atoms with Crippen LogP contribution in [0, 0.1) is 0 Å². The third kappa shape index (κ3) is 5.92. The highest BCUT2D eigenvalue weighted by molar-refractivity contribution is 6.29. The Hall–Kier alpha value is -3.24. The van der Waals surface area contributed by atoms with Crippen LogP contribution in [0.25, 0.3) is 0 Å². The summed E-state index contributed by atoms with van der Waals surface area (Å²) in [6.45, 7) is 1.92. The van der Waals surface area contributed by atoms with Gasteiger partial charge in [-0.15, -0.1) is 0 Å². The number of aromatic nitrogens is 3. The molecule has 0 spiro atoms. The van der Waals surface area contributed by atoms with E-state index in [-0.39, 0.29) is 22.4 Å². The second kappa shape index (κ2) is 9.92. The number of halogens is 4. The number of carbonyl (C=O) groups excluding carboxylic acids is 1. The first-order valence-corrected chi connectivity index (χ1v) is 9.96. The molecule has 0 fully saturated rings. The number of pyridine rings is 3. The van der Waals surface area contributed by atoms with Crippen molar-refractivity contribution in [2.24, 2.45) is 0 Å². The summed E-state index contributed by atoms with van der Waals surface area (Å²) in [6, 6.07) is 6.43. The highest BCUT2D eigenvalue weighted by Gasteiger charge is 2.30. The number of nitrogens with one attached hydrogen (secondary N) is 2. The topological polar surface area (TPSA) is 100 Å². The molecule has 1 unspecified atom stereocenters. The Morgan fingerprint density at radius 3 is 2.56 bits per heavy atom. The molecule has 11 heteroatoms. The zero-order valence-corrected chi connectivity index (χ0v) is 17.6. The van der Waals surface area contributed by atoms with Crippen molar-refractivity contribution in [2.75, 3.05) is 10.6 Å². The third-order valence-corrected chi connectivity index (χ3v) is 4.65. The van der Waals surface area contributed by atoms with Crippen molar-refractivity contribution in [3.05, 3.63) is 70.8 Å². The maximum absolute atomic E-state index is 12.7. The number of alkyl halides is 3. The summed E-state index contributed by atoms with van der Waals surface area (Å²) >= 11 is 5.93. The van der Waals surface area contributed by atoms with Crippen LogP contribution in [0.5, 0.6) is 0 Å². The summed E-state index contributed by atoms with van der Waals surface area (Å²) in [5, 5.41) is 16.0. The Bertz CT molecular complexity index is 1090. The van der Waals surface area contributed by atoms with Gasteiger partial charge in [0.15, 0.2) is 0 Å². The van der Waals surface area contributed by atoms with Crippen molar-refractivity contribution in [3.63, 3.8) is 0 Å². The van der Waals surface area contributed by atoms with Crippen molar-refractivity contribution < 1.29 is 23.1 Å². The summed E-state index contributed by atoms with van der Waals surface area (Å²) in [7, 11) is 0. The molecular formula is C21H19ClF3N5O2. The van der Waals surface area contributed by atoms with Gasteiger partial charge in [0.2, 0.25) is 0 Å². The number of aliphatic hydroxyl groups excluding tert-OH is 1. The van der Waals surface area contributed by atoms with E-state index in [4.69, 9.17) is 11.6 Å². The molecule has 3 aromatic heterocycles. The van der Waals surface area contributed by atoms with Gasteiger partial charge in [-0.25, -0.2) is 15.0 Å². The molecule has 0 saturated heterocycles. The zero-order valence-electron chi connectivity index (χ0n) is 16.8. The second-order valence-electron chi connectivity index (χ2n) is 6.84. The lowest BCUT2D eigenvalue weighted by Gasteiger charge is -2.16. The van der Waals surface area contributed by atoms with E-state index in [1.165, 1.54) is 30.6 Å². The van der Waals surface area contributed by atoms with Crippen LogP contribution in [0.1, 0.15) is 47.4 Å². The number of amides is 1. The fraction of sp³-hybridized carbons (Fsp3) is 0.238. The number of rotatable bonds is 7. The first kappa shape index (κ1) is 23.4. The number of aliphatic hydroxyl groups is 1. The van der Waals surface area contributed by atoms with Crippen molar-refractivity contribution in [1.29, 1.82) is 0 Å². The molecule has 3 aromatic rings. The number of hydrogen-bond donors (Lipinski definition) is 3. The Labute approximate surface area is 186 Å². The SMILES string of the molecule is CCCC(O)c1cc(Cl)ncc1NC(=O)c1ccnc(Nc2ccc(C(F)(F)F)cn2)c1. The lowest BCUT2D eigenvalue weighted by atomic mass is 10.0. The van der Waals surface area contributed by atoms with Crippen LogP contribution in [-0.4, -0.2) is 26.0 Å². The molecule has 0 aliphatic heterocycles. The predicted molar refractivity (Wildman–Crippen MR) is 114 cm³/mol. The van der Waals surface area contributed by atoms with Crippen LogP contribution in [0.3, 0.4) is 0 Å². The van der Waals surface area contributed by atoms with Crippen LogP contribution in [0.15, 0.2) is 48.9 Å². The van der Waals surface area contributed by atoms with E-state index in [1.807, 2.05) is 6.92 Å². The number of carbonyl (C=O) groups is 1. The highest BCUT2D eigenvalue weighted by Crippen LogP contribution is 2.30. The van der Waals surface area contributed by atoms with E-state index in [1.54, 1.807) is 0 Å². The summed E-state index contributed by atoms with van der Waals surface area (Å²) in [6.07, 6.45) is -0.665. The van der Waals surface area contributed by atoms with Gasteiger partial charge in [0.25, 0.3) is 5.91 Å². The van der Waals surface area contributed by atoms with Crippen molar-refractivity contribution in [1.82, 2.24) is 15.0 Å². The second-order valence-corrected chi connectivity index (χ2v) is 7.22. The van der Waals surface area contributed by atoms with Gasteiger partial charge in [0.05, 0.1) is 23.6 Å². The van der Waals surface area contributed by atoms with Gasteiger partial charge < -0.3 is 15.7 Å². The van der Waals surface area contributed by atoms with Gasteiger partial charge in [-0.1, -0.05) is 24.9 Å². The van der Waals surface area contributed by atoms with Gasteiger partial charge in [-0.2, -0.15) is 13.2 Å². The van der Waals surface area contributed by atoms with Crippen LogP contribution < -0.4 is 10.6 Å². The van der Waals surface area contributed by atoms with Crippen molar-refractivity contribution >= 4 is 34.8 Å². The molecule has 3 heterocycles. The van der Waals surface area contributed by atoms with Gasteiger partial charge >= 0.3 is 6.18 Å². The summed E-state index contributed by atoms with van der Waals surface area (Å²) in [4.78, 5) is 24.5. The van der Waals surface area contributed by atoms with Crippen molar-refractivity contribution in [3.8, 4) is 0 Å². The maximum Gasteiger partial charge on any atom is 0.417 e. The molecular weight excluding hydrogens is 447 g/mol. The summed E-state index contributed by atoms with van der Waals surface area (Å²) in [5.74, 6) is -0.148. The predicted octanol–water partition coefficient (Wildman–Crippen LogP) is 5.37. The Balaban J connectivity index is 1.76. The molecule has 0 bridgehead atoms. The number of nitrogens with zero attached hydrogens (tertiary/aromatic N) is 3. The lowest BCUT2D eigenvalue weighted by Crippen LogP contribution is -2.15.